The van der Waals surface area contributed by atoms with E-state index in [2.05, 4.69) is 13.8 Å². The van der Waals surface area contributed by atoms with Gasteiger partial charge in [0.25, 0.3) is 0 Å². The van der Waals surface area contributed by atoms with Gasteiger partial charge in [0.05, 0.1) is 11.1 Å². The van der Waals surface area contributed by atoms with Crippen LogP contribution in [0, 0.1) is 17.6 Å². The van der Waals surface area contributed by atoms with Crippen LogP contribution >= 0.6 is 11.8 Å². The summed E-state index contributed by atoms with van der Waals surface area (Å²) in [5.74, 6) is -0.790. The van der Waals surface area contributed by atoms with Gasteiger partial charge in [0.2, 0.25) is 5.91 Å². The Balaban J connectivity index is 2.15. The largest absolute Gasteiger partial charge is 0.325 e. The number of carbonyl (C=O) groups is 1. The molecule has 1 fully saturated rings. The summed E-state index contributed by atoms with van der Waals surface area (Å²) in [4.78, 5) is 13.7. The summed E-state index contributed by atoms with van der Waals surface area (Å²) in [6.07, 6.45) is 0.985. The molecule has 1 saturated heterocycles. The van der Waals surface area contributed by atoms with Gasteiger partial charge in [-0.3, -0.25) is 4.79 Å². The number of hydrogen-bond donors (Lipinski definition) is 0. The predicted molar refractivity (Wildman–Crippen MR) is 72.6 cm³/mol. The molecule has 0 radical (unpaired) electrons. The molecule has 104 valence electrons. The summed E-state index contributed by atoms with van der Waals surface area (Å²) in [6, 6.07) is 3.80. The quantitative estimate of drug-likeness (QED) is 0.845. The third-order valence-corrected chi connectivity index (χ3v) is 4.95. The number of benzene rings is 1. The van der Waals surface area contributed by atoms with E-state index < -0.39 is 11.6 Å². The molecular formula is C14H17F2NOS. The lowest BCUT2D eigenvalue weighted by molar-refractivity contribution is -0.129. The minimum absolute atomic E-state index is 0.0695. The Labute approximate surface area is 116 Å². The lowest BCUT2D eigenvalue weighted by Crippen LogP contribution is -2.35. The Bertz CT molecular complexity index is 481. The molecule has 0 saturated carbocycles. The zero-order valence-corrected chi connectivity index (χ0v) is 11.8. The van der Waals surface area contributed by atoms with E-state index in [9.17, 15) is 13.6 Å². The molecule has 19 heavy (non-hydrogen) atoms. The van der Waals surface area contributed by atoms with Gasteiger partial charge in [0.15, 0.2) is 11.6 Å². The van der Waals surface area contributed by atoms with Crippen molar-refractivity contribution in [2.75, 3.05) is 5.75 Å². The standard InChI is InChI=1S/C14H17F2NOS/c1-3-9(2)14-17(13(18)8-19-14)7-10-4-5-11(15)12(16)6-10/h4-6,9,14H,3,7-8H2,1-2H3. The van der Waals surface area contributed by atoms with Crippen LogP contribution in [0.3, 0.4) is 0 Å². The monoisotopic (exact) mass is 285 g/mol. The van der Waals surface area contributed by atoms with Crippen molar-refractivity contribution >= 4 is 17.7 Å². The number of carbonyl (C=O) groups excluding carboxylic acids is 1. The van der Waals surface area contributed by atoms with Crippen molar-refractivity contribution in [1.29, 1.82) is 0 Å². The first-order valence-corrected chi connectivity index (χ1v) is 7.42. The van der Waals surface area contributed by atoms with Gasteiger partial charge in [0.1, 0.15) is 0 Å². The smallest absolute Gasteiger partial charge is 0.233 e. The summed E-state index contributed by atoms with van der Waals surface area (Å²) in [5, 5.41) is 0.130. The van der Waals surface area contributed by atoms with Gasteiger partial charge in [-0.25, -0.2) is 8.78 Å². The van der Waals surface area contributed by atoms with Gasteiger partial charge in [-0.1, -0.05) is 26.3 Å². The molecule has 1 amide bonds. The van der Waals surface area contributed by atoms with Crippen molar-refractivity contribution in [2.45, 2.75) is 32.2 Å². The van der Waals surface area contributed by atoms with Crippen LogP contribution < -0.4 is 0 Å². The maximum absolute atomic E-state index is 13.2. The second kappa shape index (κ2) is 5.90. The second-order valence-corrected chi connectivity index (χ2v) is 5.96. The highest BCUT2D eigenvalue weighted by Gasteiger charge is 2.34. The number of thioether (sulfide) groups is 1. The minimum Gasteiger partial charge on any atom is -0.325 e. The van der Waals surface area contributed by atoms with Crippen molar-refractivity contribution in [2.24, 2.45) is 5.92 Å². The maximum atomic E-state index is 13.2. The van der Waals surface area contributed by atoms with Crippen molar-refractivity contribution < 1.29 is 13.6 Å². The Morgan fingerprint density at radius 3 is 2.79 bits per heavy atom. The molecule has 1 heterocycles. The Kier molecular flexibility index (Phi) is 4.45. The average Bonchev–Trinajstić information content (AvgIpc) is 2.75. The van der Waals surface area contributed by atoms with E-state index >= 15 is 0 Å². The van der Waals surface area contributed by atoms with E-state index in [-0.39, 0.29) is 11.3 Å². The molecule has 0 spiro atoms. The second-order valence-electron chi connectivity index (χ2n) is 4.86. The van der Waals surface area contributed by atoms with E-state index in [0.717, 1.165) is 12.5 Å². The van der Waals surface area contributed by atoms with Crippen LogP contribution in [-0.2, 0) is 11.3 Å². The fraction of sp³-hybridized carbons (Fsp3) is 0.500. The number of nitrogens with zero attached hydrogens (tertiary/aromatic N) is 1. The van der Waals surface area contributed by atoms with Crippen molar-refractivity contribution in [1.82, 2.24) is 4.90 Å². The first-order valence-electron chi connectivity index (χ1n) is 6.38. The highest BCUT2D eigenvalue weighted by atomic mass is 32.2. The van der Waals surface area contributed by atoms with Gasteiger partial charge >= 0.3 is 0 Å². The van der Waals surface area contributed by atoms with Crippen LogP contribution in [0.15, 0.2) is 18.2 Å². The number of hydrogen-bond acceptors (Lipinski definition) is 2. The predicted octanol–water partition coefficient (Wildman–Crippen LogP) is 3.41. The lowest BCUT2D eigenvalue weighted by atomic mass is 10.1. The lowest BCUT2D eigenvalue weighted by Gasteiger charge is -2.28. The number of rotatable bonds is 4. The van der Waals surface area contributed by atoms with Crippen LogP contribution in [0.25, 0.3) is 0 Å². The van der Waals surface area contributed by atoms with E-state index in [1.54, 1.807) is 16.7 Å². The summed E-state index contributed by atoms with van der Waals surface area (Å²) >= 11 is 1.63. The van der Waals surface area contributed by atoms with Crippen LogP contribution in [0.4, 0.5) is 8.78 Å². The SMILES string of the molecule is CCC(C)C1SCC(=O)N1Cc1ccc(F)c(F)c1. The molecular weight excluding hydrogens is 268 g/mol. The molecule has 2 atom stereocenters. The van der Waals surface area contributed by atoms with Crippen molar-refractivity contribution in [3.8, 4) is 0 Å². The van der Waals surface area contributed by atoms with E-state index in [0.29, 0.717) is 23.8 Å². The molecule has 2 nitrogen and oxygen atoms in total. The highest BCUT2D eigenvalue weighted by molar-refractivity contribution is 8.01. The van der Waals surface area contributed by atoms with Crippen molar-refractivity contribution in [3.05, 3.63) is 35.4 Å². The van der Waals surface area contributed by atoms with E-state index in [4.69, 9.17) is 0 Å². The number of halogens is 2. The Morgan fingerprint density at radius 1 is 1.42 bits per heavy atom. The third-order valence-electron chi connectivity index (χ3n) is 3.47. The van der Waals surface area contributed by atoms with Gasteiger partial charge in [-0.15, -0.1) is 11.8 Å². The van der Waals surface area contributed by atoms with Crippen molar-refractivity contribution in [3.63, 3.8) is 0 Å². The molecule has 1 aromatic rings. The first-order chi connectivity index (χ1) is 9.02. The highest BCUT2D eigenvalue weighted by Crippen LogP contribution is 2.33. The Hall–Kier alpha value is -1.10. The summed E-state index contributed by atoms with van der Waals surface area (Å²) < 4.78 is 26.1. The van der Waals surface area contributed by atoms with Gasteiger partial charge < -0.3 is 4.90 Å². The molecule has 1 aliphatic heterocycles. The number of amides is 1. The maximum Gasteiger partial charge on any atom is 0.233 e. The van der Waals surface area contributed by atoms with Crippen LogP contribution in [0.1, 0.15) is 25.8 Å². The molecule has 5 heteroatoms. The molecule has 2 unspecified atom stereocenters. The van der Waals surface area contributed by atoms with Gasteiger partial charge in [-0.2, -0.15) is 0 Å². The van der Waals surface area contributed by atoms with E-state index in [1.807, 2.05) is 0 Å². The average molecular weight is 285 g/mol. The first kappa shape index (κ1) is 14.3. The molecule has 0 N–H and O–H groups in total. The Morgan fingerprint density at radius 2 is 2.16 bits per heavy atom. The minimum atomic E-state index is -0.864. The molecule has 0 aromatic heterocycles. The van der Waals surface area contributed by atoms with Gasteiger partial charge in [-0.05, 0) is 23.6 Å². The third kappa shape index (κ3) is 3.08. The molecule has 0 bridgehead atoms. The zero-order valence-electron chi connectivity index (χ0n) is 11.0. The molecule has 1 aromatic carbocycles. The van der Waals surface area contributed by atoms with Crippen LogP contribution in [0.2, 0.25) is 0 Å². The fourth-order valence-corrected chi connectivity index (χ4v) is 3.53. The molecule has 2 rings (SSSR count). The summed E-state index contributed by atoms with van der Waals surface area (Å²) in [5.41, 5.74) is 0.628. The van der Waals surface area contributed by atoms with Gasteiger partial charge in [0, 0.05) is 6.54 Å². The normalized spacial score (nSPS) is 20.9. The topological polar surface area (TPSA) is 20.3 Å². The zero-order chi connectivity index (χ0) is 14.0. The van der Waals surface area contributed by atoms with Crippen LogP contribution in [0.5, 0.6) is 0 Å². The fourth-order valence-electron chi connectivity index (χ4n) is 2.16. The summed E-state index contributed by atoms with van der Waals surface area (Å²) in [7, 11) is 0. The van der Waals surface area contributed by atoms with Crippen LogP contribution in [-0.4, -0.2) is 21.9 Å². The molecule has 0 aliphatic carbocycles. The molecule has 1 aliphatic rings. The van der Waals surface area contributed by atoms with E-state index in [1.165, 1.54) is 12.1 Å². The summed E-state index contributed by atoms with van der Waals surface area (Å²) in [6.45, 7) is 4.54.